The minimum Gasteiger partial charge on any atom is -0.306 e. The van der Waals surface area contributed by atoms with Crippen molar-refractivity contribution in [2.75, 3.05) is 5.32 Å². The van der Waals surface area contributed by atoms with Gasteiger partial charge in [-0.1, -0.05) is 26.0 Å². The van der Waals surface area contributed by atoms with Gasteiger partial charge in [0.25, 0.3) is 11.5 Å². The second kappa shape index (κ2) is 6.91. The topological polar surface area (TPSA) is 92.7 Å². The van der Waals surface area contributed by atoms with Gasteiger partial charge in [-0.15, -0.1) is 0 Å². The van der Waals surface area contributed by atoms with E-state index in [0.29, 0.717) is 11.4 Å². The minimum atomic E-state index is -0.624. The van der Waals surface area contributed by atoms with Gasteiger partial charge in [-0.05, 0) is 25.0 Å². The van der Waals surface area contributed by atoms with Crippen LogP contribution in [-0.2, 0) is 0 Å². The molecule has 0 aliphatic rings. The SMILES string of the molecule is Cc1cc(NC(=O)c2ccccc2F)n(-c2nc(C(C)C)cc(=O)[nH]2)n1. The van der Waals surface area contributed by atoms with E-state index in [4.69, 9.17) is 0 Å². The van der Waals surface area contributed by atoms with Crippen LogP contribution in [0.5, 0.6) is 0 Å². The van der Waals surface area contributed by atoms with Crippen molar-refractivity contribution in [3.8, 4) is 5.95 Å². The number of rotatable bonds is 4. The summed E-state index contributed by atoms with van der Waals surface area (Å²) in [5.41, 5.74) is 0.795. The normalized spacial score (nSPS) is 11.0. The van der Waals surface area contributed by atoms with Crippen molar-refractivity contribution >= 4 is 11.7 Å². The summed E-state index contributed by atoms with van der Waals surface area (Å²) in [7, 11) is 0. The third-order valence-electron chi connectivity index (χ3n) is 3.73. The lowest BCUT2D eigenvalue weighted by Gasteiger charge is -2.10. The van der Waals surface area contributed by atoms with Crippen molar-refractivity contribution in [2.45, 2.75) is 26.7 Å². The summed E-state index contributed by atoms with van der Waals surface area (Å²) in [5.74, 6) is -0.741. The average Bonchev–Trinajstić information content (AvgIpc) is 2.95. The minimum absolute atomic E-state index is 0.0455. The average molecular weight is 355 g/mol. The first-order chi connectivity index (χ1) is 12.3. The summed E-state index contributed by atoms with van der Waals surface area (Å²) >= 11 is 0. The van der Waals surface area contributed by atoms with Gasteiger partial charge in [0.1, 0.15) is 11.6 Å². The van der Waals surface area contributed by atoms with Crippen LogP contribution in [0.4, 0.5) is 10.2 Å². The van der Waals surface area contributed by atoms with Crippen LogP contribution in [0.2, 0.25) is 0 Å². The van der Waals surface area contributed by atoms with Crippen LogP contribution in [0.25, 0.3) is 5.95 Å². The van der Waals surface area contributed by atoms with E-state index in [1.54, 1.807) is 19.1 Å². The van der Waals surface area contributed by atoms with E-state index in [0.717, 1.165) is 0 Å². The molecule has 8 heteroatoms. The summed E-state index contributed by atoms with van der Waals surface area (Å²) in [5, 5.41) is 6.88. The van der Waals surface area contributed by atoms with Gasteiger partial charge >= 0.3 is 0 Å². The molecule has 2 aromatic heterocycles. The Kier molecular flexibility index (Phi) is 4.66. The molecule has 0 atom stereocenters. The van der Waals surface area contributed by atoms with E-state index in [1.807, 2.05) is 13.8 Å². The number of nitrogens with zero attached hydrogens (tertiary/aromatic N) is 3. The molecule has 0 bridgehead atoms. The second-order valence-electron chi connectivity index (χ2n) is 6.17. The summed E-state index contributed by atoms with van der Waals surface area (Å²) in [4.78, 5) is 31.3. The van der Waals surface area contributed by atoms with E-state index in [1.165, 1.54) is 28.9 Å². The standard InChI is InChI=1S/C18H18FN5O2/c1-10(2)14-9-16(25)22-18(20-14)24-15(8-11(3)23-24)21-17(26)12-6-4-5-7-13(12)19/h4-10H,1-3H3,(H,21,26)(H,20,22,25). The molecule has 0 saturated carbocycles. The van der Waals surface area contributed by atoms with Crippen molar-refractivity contribution in [1.82, 2.24) is 19.7 Å². The third-order valence-corrected chi connectivity index (χ3v) is 3.73. The maximum Gasteiger partial charge on any atom is 0.259 e. The molecule has 0 spiro atoms. The van der Waals surface area contributed by atoms with Crippen LogP contribution in [-0.4, -0.2) is 25.7 Å². The Morgan fingerprint density at radius 3 is 2.69 bits per heavy atom. The maximum atomic E-state index is 13.8. The van der Waals surface area contributed by atoms with Crippen molar-refractivity contribution in [2.24, 2.45) is 0 Å². The summed E-state index contributed by atoms with van der Waals surface area (Å²) in [6.07, 6.45) is 0. The van der Waals surface area contributed by atoms with E-state index in [2.05, 4.69) is 20.4 Å². The van der Waals surface area contributed by atoms with Crippen molar-refractivity contribution in [1.29, 1.82) is 0 Å². The first-order valence-corrected chi connectivity index (χ1v) is 8.09. The summed E-state index contributed by atoms with van der Waals surface area (Å²) < 4.78 is 15.1. The molecule has 3 aromatic rings. The fourth-order valence-corrected chi connectivity index (χ4v) is 2.44. The first kappa shape index (κ1) is 17.5. The number of carbonyl (C=O) groups excluding carboxylic acids is 1. The molecular formula is C18H18FN5O2. The highest BCUT2D eigenvalue weighted by molar-refractivity contribution is 6.04. The van der Waals surface area contributed by atoms with Crippen molar-refractivity contribution in [3.63, 3.8) is 0 Å². The van der Waals surface area contributed by atoms with E-state index >= 15 is 0 Å². The molecule has 7 nitrogen and oxygen atoms in total. The van der Waals surface area contributed by atoms with Gasteiger partial charge in [-0.2, -0.15) is 9.78 Å². The number of anilines is 1. The highest BCUT2D eigenvalue weighted by Crippen LogP contribution is 2.17. The summed E-state index contributed by atoms with van der Waals surface area (Å²) in [6, 6.07) is 8.71. The number of nitrogens with one attached hydrogen (secondary N) is 2. The van der Waals surface area contributed by atoms with E-state index < -0.39 is 11.7 Å². The zero-order valence-corrected chi connectivity index (χ0v) is 14.6. The lowest BCUT2D eigenvalue weighted by atomic mass is 10.1. The molecule has 0 radical (unpaired) electrons. The fourth-order valence-electron chi connectivity index (χ4n) is 2.44. The zero-order valence-electron chi connectivity index (χ0n) is 14.6. The number of hydrogen-bond acceptors (Lipinski definition) is 4. The Balaban J connectivity index is 2.01. The monoisotopic (exact) mass is 355 g/mol. The Morgan fingerprint density at radius 2 is 2.00 bits per heavy atom. The number of benzene rings is 1. The van der Waals surface area contributed by atoms with Gasteiger partial charge in [0.2, 0.25) is 5.95 Å². The molecule has 1 aromatic carbocycles. The molecule has 1 amide bonds. The number of aryl methyl sites for hydroxylation is 1. The Bertz CT molecular complexity index is 1020. The van der Waals surface area contributed by atoms with Crippen LogP contribution in [0.1, 0.15) is 41.5 Å². The molecule has 26 heavy (non-hydrogen) atoms. The molecule has 2 N–H and O–H groups in total. The van der Waals surface area contributed by atoms with Crippen LogP contribution in [0.3, 0.4) is 0 Å². The van der Waals surface area contributed by atoms with Crippen LogP contribution in [0.15, 0.2) is 41.2 Å². The number of carbonyl (C=O) groups is 1. The third kappa shape index (κ3) is 3.53. The van der Waals surface area contributed by atoms with E-state index in [9.17, 15) is 14.0 Å². The fraction of sp³-hybridized carbons (Fsp3) is 0.222. The lowest BCUT2D eigenvalue weighted by molar-refractivity contribution is 0.102. The van der Waals surface area contributed by atoms with Crippen molar-refractivity contribution in [3.05, 3.63) is 69.5 Å². The van der Waals surface area contributed by atoms with Gasteiger partial charge in [0.15, 0.2) is 0 Å². The van der Waals surface area contributed by atoms with Crippen LogP contribution >= 0.6 is 0 Å². The Morgan fingerprint density at radius 1 is 1.27 bits per heavy atom. The Hall–Kier alpha value is -3.29. The highest BCUT2D eigenvalue weighted by Gasteiger charge is 2.17. The molecule has 134 valence electrons. The number of amides is 1. The largest absolute Gasteiger partial charge is 0.306 e. The lowest BCUT2D eigenvalue weighted by Crippen LogP contribution is -2.20. The van der Waals surface area contributed by atoms with Gasteiger partial charge in [0, 0.05) is 12.1 Å². The smallest absolute Gasteiger partial charge is 0.259 e. The number of H-pyrrole nitrogens is 1. The molecule has 0 saturated heterocycles. The molecule has 3 rings (SSSR count). The molecule has 0 fully saturated rings. The van der Waals surface area contributed by atoms with Gasteiger partial charge in [-0.25, -0.2) is 9.37 Å². The quantitative estimate of drug-likeness (QED) is 0.753. The van der Waals surface area contributed by atoms with E-state index in [-0.39, 0.29) is 28.8 Å². The number of aromatic nitrogens is 4. The van der Waals surface area contributed by atoms with Crippen LogP contribution in [0, 0.1) is 12.7 Å². The van der Waals surface area contributed by atoms with Crippen molar-refractivity contribution < 1.29 is 9.18 Å². The van der Waals surface area contributed by atoms with Gasteiger partial charge < -0.3 is 5.32 Å². The van der Waals surface area contributed by atoms with Crippen LogP contribution < -0.4 is 10.9 Å². The second-order valence-corrected chi connectivity index (χ2v) is 6.17. The number of aromatic amines is 1. The predicted molar refractivity (Wildman–Crippen MR) is 95.2 cm³/mol. The molecule has 0 aliphatic heterocycles. The Labute approximate surface area is 148 Å². The molecule has 2 heterocycles. The first-order valence-electron chi connectivity index (χ1n) is 8.09. The molecule has 0 unspecified atom stereocenters. The molecule has 0 aliphatic carbocycles. The predicted octanol–water partition coefficient (Wildman–Crippen LogP) is 2.78. The van der Waals surface area contributed by atoms with Gasteiger partial charge in [-0.3, -0.25) is 14.6 Å². The number of halogens is 1. The number of hydrogen-bond donors (Lipinski definition) is 2. The summed E-state index contributed by atoms with van der Waals surface area (Å²) in [6.45, 7) is 5.57. The highest BCUT2D eigenvalue weighted by atomic mass is 19.1. The maximum absolute atomic E-state index is 13.8. The zero-order chi connectivity index (χ0) is 18.8. The van der Waals surface area contributed by atoms with Gasteiger partial charge in [0.05, 0.1) is 17.0 Å². The molecular weight excluding hydrogens is 337 g/mol.